The zero-order chi connectivity index (χ0) is 23.9. The fourth-order valence-corrected chi connectivity index (χ4v) is 5.36. The van der Waals surface area contributed by atoms with Gasteiger partial charge in [0.15, 0.2) is 0 Å². The molecular weight excluding hydrogens is 372 g/mol. The molecule has 0 spiro atoms. The minimum Gasteiger partial charge on any atom is -0.103 e. The van der Waals surface area contributed by atoms with E-state index in [1.165, 1.54) is 68.9 Å². The number of unbranched alkanes of at least 4 members (excludes halogenated alkanes) is 2. The lowest BCUT2D eigenvalue weighted by molar-refractivity contribution is 0.0829. The fourth-order valence-electron chi connectivity index (χ4n) is 5.36. The van der Waals surface area contributed by atoms with Gasteiger partial charge in [-0.25, -0.2) is 0 Å². The Morgan fingerprint density at radius 3 is 1.94 bits per heavy atom. The van der Waals surface area contributed by atoms with Crippen LogP contribution in [0.5, 0.6) is 0 Å². The standard InChI is InChI=1S/C28H46.C3H8/c1-9-13-15-18-23(17-14-10-2)19-24(16-11-3)26(12-4)25-20-27(5,6)22-28(7,8)21-25;1-3-2/h9,11-12,16,19,25H,1,4,10,13-15,17-18,20-22H2,2-3,5-8H3;3H2,1-2H3/b16-11-,23-19?,26-24-;. The second-order valence-corrected chi connectivity index (χ2v) is 11.0. The Bertz CT molecular complexity index is 590. The van der Waals surface area contributed by atoms with Crippen molar-refractivity contribution in [2.24, 2.45) is 16.7 Å². The summed E-state index contributed by atoms with van der Waals surface area (Å²) in [6.07, 6.45) is 23.5. The van der Waals surface area contributed by atoms with E-state index in [9.17, 15) is 0 Å². The first-order chi connectivity index (χ1) is 14.6. The summed E-state index contributed by atoms with van der Waals surface area (Å²) >= 11 is 0. The van der Waals surface area contributed by atoms with Gasteiger partial charge in [-0.3, -0.25) is 0 Å². The van der Waals surface area contributed by atoms with E-state index in [2.05, 4.69) is 92.9 Å². The van der Waals surface area contributed by atoms with Crippen LogP contribution in [0, 0.1) is 16.7 Å². The maximum atomic E-state index is 4.25. The molecule has 0 heteroatoms. The average Bonchev–Trinajstić information content (AvgIpc) is 2.65. The molecule has 0 heterocycles. The Balaban J connectivity index is 0.00000282. The van der Waals surface area contributed by atoms with Crippen molar-refractivity contribution in [1.82, 2.24) is 0 Å². The number of hydrogen-bond donors (Lipinski definition) is 0. The Labute approximate surface area is 196 Å². The molecule has 1 aliphatic rings. The second-order valence-electron chi connectivity index (χ2n) is 11.0. The lowest BCUT2D eigenvalue weighted by Crippen LogP contribution is -2.34. The highest BCUT2D eigenvalue weighted by Gasteiger charge is 2.39. The zero-order valence-electron chi connectivity index (χ0n) is 22.4. The number of allylic oxidation sites excluding steroid dienone is 8. The largest absolute Gasteiger partial charge is 0.103 e. The van der Waals surface area contributed by atoms with Crippen molar-refractivity contribution in [1.29, 1.82) is 0 Å². The first-order valence-electron chi connectivity index (χ1n) is 12.9. The fraction of sp³-hybridized carbons (Fsp3) is 0.677. The van der Waals surface area contributed by atoms with Crippen molar-refractivity contribution in [2.75, 3.05) is 0 Å². The summed E-state index contributed by atoms with van der Waals surface area (Å²) in [6.45, 7) is 26.6. The van der Waals surface area contributed by atoms with Gasteiger partial charge in [-0.05, 0) is 86.2 Å². The molecule has 0 aliphatic heterocycles. The number of hydrogen-bond acceptors (Lipinski definition) is 0. The maximum absolute atomic E-state index is 4.25. The summed E-state index contributed by atoms with van der Waals surface area (Å²) in [7, 11) is 0. The van der Waals surface area contributed by atoms with Gasteiger partial charge in [0.1, 0.15) is 0 Å². The van der Waals surface area contributed by atoms with Gasteiger partial charge in [-0.15, -0.1) is 6.58 Å². The van der Waals surface area contributed by atoms with Gasteiger partial charge in [0.2, 0.25) is 0 Å². The Morgan fingerprint density at radius 1 is 0.935 bits per heavy atom. The van der Waals surface area contributed by atoms with E-state index in [1.54, 1.807) is 5.57 Å². The van der Waals surface area contributed by atoms with Crippen molar-refractivity contribution < 1.29 is 0 Å². The maximum Gasteiger partial charge on any atom is -0.0146 e. The van der Waals surface area contributed by atoms with Crippen LogP contribution in [0.25, 0.3) is 0 Å². The SMILES string of the molecule is C=CCCCC(=CC(/C=C\C)=C(/C=C)C1CC(C)(C)CC(C)(C)C1)CCCC.CCC. The van der Waals surface area contributed by atoms with E-state index in [0.717, 1.165) is 6.42 Å². The van der Waals surface area contributed by atoms with E-state index in [0.29, 0.717) is 16.7 Å². The molecule has 0 aromatic rings. The van der Waals surface area contributed by atoms with Crippen molar-refractivity contribution >= 4 is 0 Å². The lowest BCUT2D eigenvalue weighted by atomic mass is 9.59. The summed E-state index contributed by atoms with van der Waals surface area (Å²) in [6, 6.07) is 0. The Morgan fingerprint density at radius 2 is 1.48 bits per heavy atom. The van der Waals surface area contributed by atoms with Crippen LogP contribution in [0.1, 0.15) is 120 Å². The minimum absolute atomic E-state index is 0.389. The predicted molar refractivity (Wildman–Crippen MR) is 145 cm³/mol. The monoisotopic (exact) mass is 426 g/mol. The molecule has 31 heavy (non-hydrogen) atoms. The third-order valence-corrected chi connectivity index (χ3v) is 6.01. The average molecular weight is 427 g/mol. The molecule has 0 N–H and O–H groups in total. The van der Waals surface area contributed by atoms with E-state index >= 15 is 0 Å². The van der Waals surface area contributed by atoms with E-state index in [1.807, 2.05) is 6.08 Å². The van der Waals surface area contributed by atoms with Gasteiger partial charge < -0.3 is 0 Å². The van der Waals surface area contributed by atoms with Crippen LogP contribution in [0.2, 0.25) is 0 Å². The molecule has 1 rings (SSSR count). The third-order valence-electron chi connectivity index (χ3n) is 6.01. The van der Waals surface area contributed by atoms with E-state index < -0.39 is 0 Å². The lowest BCUT2D eigenvalue weighted by Gasteiger charge is -2.45. The van der Waals surface area contributed by atoms with Crippen molar-refractivity contribution in [2.45, 2.75) is 120 Å². The van der Waals surface area contributed by atoms with Crippen LogP contribution >= 0.6 is 0 Å². The first kappa shape index (κ1) is 29.7. The molecule has 0 saturated heterocycles. The molecule has 0 nitrogen and oxygen atoms in total. The van der Waals surface area contributed by atoms with Crippen molar-refractivity contribution in [3.63, 3.8) is 0 Å². The Hall–Kier alpha value is -1.30. The normalized spacial score (nSPS) is 19.4. The van der Waals surface area contributed by atoms with Crippen molar-refractivity contribution in [3.05, 3.63) is 60.3 Å². The highest BCUT2D eigenvalue weighted by molar-refractivity contribution is 5.43. The van der Waals surface area contributed by atoms with Gasteiger partial charge in [0.25, 0.3) is 0 Å². The highest BCUT2D eigenvalue weighted by Crippen LogP contribution is 2.51. The summed E-state index contributed by atoms with van der Waals surface area (Å²) in [5.41, 5.74) is 5.21. The van der Waals surface area contributed by atoms with Gasteiger partial charge in [0.05, 0.1) is 0 Å². The molecule has 178 valence electrons. The van der Waals surface area contributed by atoms with Crippen LogP contribution in [0.4, 0.5) is 0 Å². The summed E-state index contributed by atoms with van der Waals surface area (Å²) in [5.74, 6) is 0.597. The smallest absolute Gasteiger partial charge is 0.0146 e. The summed E-state index contributed by atoms with van der Waals surface area (Å²) in [5, 5.41) is 0. The molecular formula is C31H54. The van der Waals surface area contributed by atoms with Gasteiger partial charge >= 0.3 is 0 Å². The third kappa shape index (κ3) is 12.4. The van der Waals surface area contributed by atoms with Gasteiger partial charge in [0, 0.05) is 0 Å². The Kier molecular flexibility index (Phi) is 14.8. The molecule has 0 radical (unpaired) electrons. The van der Waals surface area contributed by atoms with Crippen LogP contribution in [-0.2, 0) is 0 Å². The molecule has 0 unspecified atom stereocenters. The predicted octanol–water partition coefficient (Wildman–Crippen LogP) is 10.8. The van der Waals surface area contributed by atoms with E-state index in [-0.39, 0.29) is 0 Å². The topological polar surface area (TPSA) is 0 Å². The molecule has 0 aromatic heterocycles. The van der Waals surface area contributed by atoms with Crippen molar-refractivity contribution in [3.8, 4) is 0 Å². The molecule has 1 aliphatic carbocycles. The van der Waals surface area contributed by atoms with Crippen LogP contribution in [0.15, 0.2) is 60.3 Å². The van der Waals surface area contributed by atoms with Crippen LogP contribution in [0.3, 0.4) is 0 Å². The minimum atomic E-state index is 0.389. The molecule has 1 fully saturated rings. The molecule has 0 atom stereocenters. The molecule has 0 aromatic carbocycles. The van der Waals surface area contributed by atoms with Crippen LogP contribution in [-0.4, -0.2) is 0 Å². The van der Waals surface area contributed by atoms with Crippen LogP contribution < -0.4 is 0 Å². The second kappa shape index (κ2) is 15.5. The number of rotatable bonds is 11. The van der Waals surface area contributed by atoms with Gasteiger partial charge in [-0.2, -0.15) is 0 Å². The quantitative estimate of drug-likeness (QED) is 0.175. The molecule has 0 amide bonds. The summed E-state index contributed by atoms with van der Waals surface area (Å²) < 4.78 is 0. The molecule has 1 saturated carbocycles. The molecule has 0 bridgehead atoms. The van der Waals surface area contributed by atoms with E-state index in [4.69, 9.17) is 0 Å². The zero-order valence-corrected chi connectivity index (χ0v) is 22.4. The van der Waals surface area contributed by atoms with Gasteiger partial charge in [-0.1, -0.05) is 104 Å². The highest BCUT2D eigenvalue weighted by atomic mass is 14.4. The summed E-state index contributed by atoms with van der Waals surface area (Å²) in [4.78, 5) is 0. The first-order valence-corrected chi connectivity index (χ1v) is 12.9.